The zero-order valence-electron chi connectivity index (χ0n) is 18.0. The largest absolute Gasteiger partial charge is 0.356 e. The molecule has 2 fully saturated rings. The first-order valence-electron chi connectivity index (χ1n) is 11.3. The number of hydrogen-bond donors (Lipinski definition) is 1. The van der Waals surface area contributed by atoms with Gasteiger partial charge in [0.25, 0.3) is 0 Å². The second-order valence-electron chi connectivity index (χ2n) is 11.1. The van der Waals surface area contributed by atoms with Gasteiger partial charge in [0.2, 0.25) is 0 Å². The van der Waals surface area contributed by atoms with Crippen molar-refractivity contribution in [2.45, 2.75) is 83.0 Å². The van der Waals surface area contributed by atoms with E-state index < -0.39 is 0 Å². The molecule has 0 radical (unpaired) electrons. The maximum atomic E-state index is 3.67. The van der Waals surface area contributed by atoms with Gasteiger partial charge in [0.05, 0.1) is 0 Å². The number of nitrogens with one attached hydrogen (secondary N) is 1. The lowest BCUT2D eigenvalue weighted by atomic mass is 9.63. The highest BCUT2D eigenvalue weighted by atomic mass is 14.9. The summed E-state index contributed by atoms with van der Waals surface area (Å²) in [5.41, 5.74) is 7.58. The van der Waals surface area contributed by atoms with E-state index in [9.17, 15) is 0 Å². The predicted molar refractivity (Wildman–Crippen MR) is 120 cm³/mol. The van der Waals surface area contributed by atoms with Gasteiger partial charge in [0.15, 0.2) is 0 Å². The van der Waals surface area contributed by atoms with Crippen molar-refractivity contribution in [2.24, 2.45) is 11.8 Å². The first kappa shape index (κ1) is 18.3. The minimum absolute atomic E-state index is 0.258. The molecule has 0 spiro atoms. The molecule has 2 bridgehead atoms. The number of benzene rings is 2. The van der Waals surface area contributed by atoms with E-state index in [1.165, 1.54) is 61.0 Å². The van der Waals surface area contributed by atoms with Gasteiger partial charge < -0.3 is 5.32 Å². The molecule has 2 aromatic rings. The molecule has 3 aliphatic rings. The Morgan fingerprint density at radius 2 is 1.43 bits per heavy atom. The van der Waals surface area contributed by atoms with Crippen LogP contribution in [0.3, 0.4) is 0 Å². The van der Waals surface area contributed by atoms with Crippen LogP contribution in [-0.4, -0.2) is 0 Å². The second-order valence-corrected chi connectivity index (χ2v) is 11.1. The maximum Gasteiger partial charge on any atom is 0.0387 e. The molecule has 2 aromatic carbocycles. The quantitative estimate of drug-likeness (QED) is 0.581. The van der Waals surface area contributed by atoms with Crippen molar-refractivity contribution in [1.29, 1.82) is 0 Å². The van der Waals surface area contributed by atoms with Gasteiger partial charge in [-0.15, -0.1) is 0 Å². The Kier molecular flexibility index (Phi) is 4.16. The molecule has 5 rings (SSSR count). The standard InChI is InChI=1S/C27H35N/c1-26(2)13-14-27(3,4)25-17-22(11-12-24(25)26)28-21-9-7-19(8-10-21)23-16-18-5-6-20(23)15-18/h7-12,17-18,20,23,28H,5-6,13-16H2,1-4H3. The van der Waals surface area contributed by atoms with Crippen LogP contribution in [0.4, 0.5) is 11.4 Å². The molecule has 0 aliphatic heterocycles. The summed E-state index contributed by atoms with van der Waals surface area (Å²) in [7, 11) is 0. The van der Waals surface area contributed by atoms with Gasteiger partial charge in [-0.05, 0) is 102 Å². The van der Waals surface area contributed by atoms with Crippen LogP contribution in [0.15, 0.2) is 42.5 Å². The predicted octanol–water partition coefficient (Wildman–Crippen LogP) is 7.68. The van der Waals surface area contributed by atoms with Gasteiger partial charge >= 0.3 is 0 Å². The van der Waals surface area contributed by atoms with Gasteiger partial charge in [-0.3, -0.25) is 0 Å². The third-order valence-electron chi connectivity index (χ3n) is 8.22. The lowest BCUT2D eigenvalue weighted by Gasteiger charge is -2.42. The van der Waals surface area contributed by atoms with Crippen molar-refractivity contribution < 1.29 is 0 Å². The Labute approximate surface area is 170 Å². The maximum absolute atomic E-state index is 3.67. The summed E-state index contributed by atoms with van der Waals surface area (Å²) in [4.78, 5) is 0. The molecule has 0 saturated heterocycles. The average molecular weight is 374 g/mol. The van der Waals surface area contributed by atoms with E-state index >= 15 is 0 Å². The van der Waals surface area contributed by atoms with Gasteiger partial charge in [0, 0.05) is 11.4 Å². The molecule has 3 aliphatic carbocycles. The Morgan fingerprint density at radius 3 is 2.07 bits per heavy atom. The van der Waals surface area contributed by atoms with E-state index in [1.807, 2.05) is 0 Å². The zero-order valence-corrected chi connectivity index (χ0v) is 18.0. The molecule has 148 valence electrons. The van der Waals surface area contributed by atoms with Gasteiger partial charge in [-0.25, -0.2) is 0 Å². The zero-order chi connectivity index (χ0) is 19.5. The SMILES string of the molecule is CC1(C)CCC(C)(C)c2cc(Nc3ccc(C4CC5CCC4C5)cc3)ccc21. The fraction of sp³-hybridized carbons (Fsp3) is 0.556. The molecule has 3 unspecified atom stereocenters. The molecule has 0 aromatic heterocycles. The van der Waals surface area contributed by atoms with Crippen LogP contribution in [0.2, 0.25) is 0 Å². The fourth-order valence-electron chi connectivity index (χ4n) is 6.30. The van der Waals surface area contributed by atoms with Crippen LogP contribution in [0.25, 0.3) is 0 Å². The molecule has 1 nitrogen and oxygen atoms in total. The smallest absolute Gasteiger partial charge is 0.0387 e. The van der Waals surface area contributed by atoms with Crippen LogP contribution in [0.5, 0.6) is 0 Å². The second kappa shape index (κ2) is 6.37. The molecule has 1 N–H and O–H groups in total. The van der Waals surface area contributed by atoms with E-state index in [0.29, 0.717) is 0 Å². The first-order chi connectivity index (χ1) is 13.3. The third-order valence-corrected chi connectivity index (χ3v) is 8.22. The van der Waals surface area contributed by atoms with E-state index in [2.05, 4.69) is 75.5 Å². The molecule has 0 amide bonds. The van der Waals surface area contributed by atoms with Crippen LogP contribution in [0.1, 0.15) is 88.8 Å². The normalized spacial score (nSPS) is 29.5. The summed E-state index contributed by atoms with van der Waals surface area (Å²) >= 11 is 0. The lowest BCUT2D eigenvalue weighted by molar-refractivity contribution is 0.332. The minimum Gasteiger partial charge on any atom is -0.356 e. The lowest BCUT2D eigenvalue weighted by Crippen LogP contribution is -2.33. The Balaban J connectivity index is 1.37. The highest BCUT2D eigenvalue weighted by Gasteiger charge is 2.40. The average Bonchev–Trinajstić information content (AvgIpc) is 3.30. The van der Waals surface area contributed by atoms with Crippen molar-refractivity contribution in [1.82, 2.24) is 0 Å². The van der Waals surface area contributed by atoms with E-state index in [-0.39, 0.29) is 10.8 Å². The number of rotatable bonds is 3. The van der Waals surface area contributed by atoms with E-state index in [1.54, 1.807) is 5.56 Å². The molecule has 28 heavy (non-hydrogen) atoms. The number of anilines is 2. The summed E-state index contributed by atoms with van der Waals surface area (Å²) in [5, 5.41) is 3.67. The molecule has 1 heteroatoms. The summed E-state index contributed by atoms with van der Waals surface area (Å²) < 4.78 is 0. The Hall–Kier alpha value is -1.76. The summed E-state index contributed by atoms with van der Waals surface area (Å²) in [6.45, 7) is 9.58. The van der Waals surface area contributed by atoms with Gasteiger partial charge in [-0.2, -0.15) is 0 Å². The van der Waals surface area contributed by atoms with Crippen LogP contribution in [-0.2, 0) is 10.8 Å². The molecule has 3 atom stereocenters. The van der Waals surface area contributed by atoms with Crippen LogP contribution >= 0.6 is 0 Å². The van der Waals surface area contributed by atoms with E-state index in [4.69, 9.17) is 0 Å². The molecular formula is C27H35N. The third kappa shape index (κ3) is 3.08. The van der Waals surface area contributed by atoms with Crippen molar-refractivity contribution in [3.05, 3.63) is 59.2 Å². The molecule has 0 heterocycles. The van der Waals surface area contributed by atoms with Crippen molar-refractivity contribution in [3.8, 4) is 0 Å². The first-order valence-corrected chi connectivity index (χ1v) is 11.3. The van der Waals surface area contributed by atoms with E-state index in [0.717, 1.165) is 17.8 Å². The number of fused-ring (bicyclic) bond motifs is 3. The summed E-state index contributed by atoms with van der Waals surface area (Å²) in [5.74, 6) is 2.78. The molecular weight excluding hydrogens is 338 g/mol. The monoisotopic (exact) mass is 373 g/mol. The topological polar surface area (TPSA) is 12.0 Å². The minimum atomic E-state index is 0.258. The summed E-state index contributed by atoms with van der Waals surface area (Å²) in [6.07, 6.45) is 8.36. The van der Waals surface area contributed by atoms with Crippen LogP contribution < -0.4 is 5.32 Å². The number of hydrogen-bond acceptors (Lipinski definition) is 1. The van der Waals surface area contributed by atoms with Crippen molar-refractivity contribution >= 4 is 11.4 Å². The highest BCUT2D eigenvalue weighted by molar-refractivity contribution is 5.63. The van der Waals surface area contributed by atoms with Crippen molar-refractivity contribution in [2.75, 3.05) is 5.32 Å². The van der Waals surface area contributed by atoms with Gasteiger partial charge in [0.1, 0.15) is 0 Å². The Morgan fingerprint density at radius 1 is 0.750 bits per heavy atom. The Bertz CT molecular complexity index is 874. The highest BCUT2D eigenvalue weighted by Crippen LogP contribution is 2.53. The molecule has 2 saturated carbocycles. The van der Waals surface area contributed by atoms with Crippen LogP contribution in [0, 0.1) is 11.8 Å². The van der Waals surface area contributed by atoms with Crippen molar-refractivity contribution in [3.63, 3.8) is 0 Å². The summed E-state index contributed by atoms with van der Waals surface area (Å²) in [6, 6.07) is 16.4. The fourth-order valence-corrected chi connectivity index (χ4v) is 6.30. The van der Waals surface area contributed by atoms with Gasteiger partial charge in [-0.1, -0.05) is 52.3 Å².